The summed E-state index contributed by atoms with van der Waals surface area (Å²) in [5.74, 6) is -0.790. The quantitative estimate of drug-likeness (QED) is 0.588. The number of benzene rings is 2. The third kappa shape index (κ3) is 5.03. The van der Waals surface area contributed by atoms with Crippen LogP contribution >= 0.6 is 0 Å². The van der Waals surface area contributed by atoms with E-state index < -0.39 is 15.8 Å². The van der Waals surface area contributed by atoms with Crippen LogP contribution in [0.15, 0.2) is 60.0 Å². The van der Waals surface area contributed by atoms with Crippen LogP contribution in [0.4, 0.5) is 10.1 Å². The highest BCUT2D eigenvalue weighted by Crippen LogP contribution is 2.21. The second-order valence-corrected chi connectivity index (χ2v) is 9.60. The van der Waals surface area contributed by atoms with Gasteiger partial charge in [-0.1, -0.05) is 18.6 Å². The van der Waals surface area contributed by atoms with Crippen molar-refractivity contribution in [3.63, 3.8) is 0 Å². The van der Waals surface area contributed by atoms with E-state index in [-0.39, 0.29) is 22.9 Å². The van der Waals surface area contributed by atoms with Crippen LogP contribution in [0.25, 0.3) is 5.69 Å². The molecule has 8 nitrogen and oxygen atoms in total. The molecule has 168 valence electrons. The van der Waals surface area contributed by atoms with Gasteiger partial charge < -0.3 is 5.32 Å². The lowest BCUT2D eigenvalue weighted by molar-refractivity contribution is -0.116. The summed E-state index contributed by atoms with van der Waals surface area (Å²) in [4.78, 5) is 16.3. The summed E-state index contributed by atoms with van der Waals surface area (Å²) < 4.78 is 42.6. The molecule has 0 spiro atoms. The molecule has 0 unspecified atom stereocenters. The number of rotatable bonds is 7. The second-order valence-electron chi connectivity index (χ2n) is 7.66. The fraction of sp³-hybridized carbons (Fsp3) is 0.318. The van der Waals surface area contributed by atoms with E-state index in [0.717, 1.165) is 24.8 Å². The van der Waals surface area contributed by atoms with Crippen LogP contribution in [0.5, 0.6) is 0 Å². The van der Waals surface area contributed by atoms with E-state index in [4.69, 9.17) is 0 Å². The molecule has 1 aromatic heterocycles. The van der Waals surface area contributed by atoms with Gasteiger partial charge in [0.15, 0.2) is 5.82 Å². The number of aromatic nitrogens is 3. The van der Waals surface area contributed by atoms with E-state index in [2.05, 4.69) is 15.4 Å². The minimum absolute atomic E-state index is 0.185. The molecule has 0 bridgehead atoms. The number of hydrogen-bond acceptors (Lipinski definition) is 5. The topological polar surface area (TPSA) is 97.2 Å². The molecule has 32 heavy (non-hydrogen) atoms. The van der Waals surface area contributed by atoms with E-state index in [1.807, 2.05) is 0 Å². The van der Waals surface area contributed by atoms with Gasteiger partial charge in [-0.25, -0.2) is 22.5 Å². The van der Waals surface area contributed by atoms with Gasteiger partial charge in [-0.2, -0.15) is 9.40 Å². The van der Waals surface area contributed by atoms with Gasteiger partial charge in [0.05, 0.1) is 4.90 Å². The van der Waals surface area contributed by atoms with Crippen molar-refractivity contribution in [2.75, 3.05) is 18.4 Å². The molecule has 1 aliphatic heterocycles. The molecule has 0 atom stereocenters. The summed E-state index contributed by atoms with van der Waals surface area (Å²) in [7, 11) is -3.47. The first kappa shape index (κ1) is 22.1. The Kier molecular flexibility index (Phi) is 6.61. The molecule has 1 aliphatic rings. The first-order valence-corrected chi connectivity index (χ1v) is 11.9. The zero-order valence-corrected chi connectivity index (χ0v) is 18.3. The highest BCUT2D eigenvalue weighted by atomic mass is 32.2. The average molecular weight is 458 g/mol. The minimum Gasteiger partial charge on any atom is -0.326 e. The van der Waals surface area contributed by atoms with Gasteiger partial charge in [0.2, 0.25) is 15.9 Å². The number of hydrogen-bond donors (Lipinski definition) is 1. The summed E-state index contributed by atoms with van der Waals surface area (Å²) in [6.45, 7) is 1.12. The molecule has 0 radical (unpaired) electrons. The second kappa shape index (κ2) is 9.58. The van der Waals surface area contributed by atoms with Gasteiger partial charge in [-0.3, -0.25) is 4.79 Å². The van der Waals surface area contributed by atoms with Crippen molar-refractivity contribution in [3.05, 3.63) is 66.5 Å². The van der Waals surface area contributed by atoms with Crippen molar-refractivity contribution in [2.24, 2.45) is 0 Å². The third-order valence-corrected chi connectivity index (χ3v) is 7.33. The Morgan fingerprint density at radius 1 is 1.06 bits per heavy atom. The molecule has 10 heteroatoms. The molecule has 1 saturated heterocycles. The monoisotopic (exact) mass is 457 g/mol. The number of sulfonamides is 1. The fourth-order valence-corrected chi connectivity index (χ4v) is 5.18. The molecule has 1 fully saturated rings. The minimum atomic E-state index is -3.47. The van der Waals surface area contributed by atoms with E-state index >= 15 is 0 Å². The van der Waals surface area contributed by atoms with Gasteiger partial charge in [0, 0.05) is 25.2 Å². The Labute approximate surface area is 186 Å². The van der Waals surface area contributed by atoms with Crippen LogP contribution in [-0.2, 0) is 21.2 Å². The molecule has 1 amide bonds. The maximum Gasteiger partial charge on any atom is 0.243 e. The molecule has 0 aliphatic carbocycles. The maximum absolute atomic E-state index is 14.3. The lowest BCUT2D eigenvalue weighted by Gasteiger charge is -2.25. The summed E-state index contributed by atoms with van der Waals surface area (Å²) >= 11 is 0. The van der Waals surface area contributed by atoms with Crippen LogP contribution in [0.1, 0.15) is 31.2 Å². The largest absolute Gasteiger partial charge is 0.326 e. The molecule has 2 aromatic carbocycles. The number of carbonyl (C=O) groups excluding carboxylic acids is 1. The normalized spacial score (nSPS) is 14.9. The first-order valence-electron chi connectivity index (χ1n) is 10.5. The van der Waals surface area contributed by atoms with Crippen molar-refractivity contribution < 1.29 is 17.6 Å². The lowest BCUT2D eigenvalue weighted by Crippen LogP contribution is -2.35. The van der Waals surface area contributed by atoms with Gasteiger partial charge >= 0.3 is 0 Å². The van der Waals surface area contributed by atoms with Crippen LogP contribution in [0.3, 0.4) is 0 Å². The van der Waals surface area contributed by atoms with Gasteiger partial charge in [-0.05, 0) is 55.2 Å². The Hall–Kier alpha value is -3.11. The summed E-state index contributed by atoms with van der Waals surface area (Å²) in [6.07, 6.45) is 6.16. The summed E-state index contributed by atoms with van der Waals surface area (Å²) in [5, 5.41) is 6.56. The number of nitrogens with one attached hydrogen (secondary N) is 1. The van der Waals surface area contributed by atoms with Gasteiger partial charge in [-0.15, -0.1) is 0 Å². The standard InChI is InChI=1S/C22H24FN5O3S/c23-20-14-18(7-10-21(20)28-16-24-15-25-28)26-22(29)11-6-17-4-8-19(9-5-17)32(30,31)27-12-2-1-3-13-27/h4-5,7-10,14-16H,1-3,6,11-13H2,(H,26,29). The number of nitrogens with zero attached hydrogens (tertiary/aromatic N) is 4. The summed E-state index contributed by atoms with van der Waals surface area (Å²) in [5.41, 5.74) is 1.44. The van der Waals surface area contributed by atoms with Gasteiger partial charge in [0.25, 0.3) is 0 Å². The lowest BCUT2D eigenvalue weighted by atomic mass is 10.1. The van der Waals surface area contributed by atoms with E-state index in [9.17, 15) is 17.6 Å². The predicted octanol–water partition coefficient (Wildman–Crippen LogP) is 3.15. The molecule has 4 rings (SSSR count). The number of halogens is 1. The number of aryl methyl sites for hydroxylation is 1. The predicted molar refractivity (Wildman–Crippen MR) is 117 cm³/mol. The molecule has 1 N–H and O–H groups in total. The molecular formula is C22H24FN5O3S. The first-order chi connectivity index (χ1) is 15.4. The number of piperidine rings is 1. The highest BCUT2D eigenvalue weighted by molar-refractivity contribution is 7.89. The maximum atomic E-state index is 14.3. The van der Waals surface area contributed by atoms with E-state index in [0.29, 0.717) is 25.2 Å². The third-order valence-electron chi connectivity index (χ3n) is 5.41. The van der Waals surface area contributed by atoms with E-state index in [1.165, 1.54) is 33.8 Å². The average Bonchev–Trinajstić information content (AvgIpc) is 3.33. The van der Waals surface area contributed by atoms with E-state index in [1.54, 1.807) is 30.3 Å². The zero-order chi connectivity index (χ0) is 22.6. The molecular weight excluding hydrogens is 433 g/mol. The van der Waals surface area contributed by atoms with Gasteiger partial charge in [0.1, 0.15) is 18.3 Å². The fourth-order valence-electron chi connectivity index (χ4n) is 3.67. The Balaban J connectivity index is 1.33. The Morgan fingerprint density at radius 3 is 2.47 bits per heavy atom. The zero-order valence-electron chi connectivity index (χ0n) is 17.4. The van der Waals surface area contributed by atoms with Crippen molar-refractivity contribution >= 4 is 21.6 Å². The van der Waals surface area contributed by atoms with Crippen molar-refractivity contribution in [1.29, 1.82) is 0 Å². The highest BCUT2D eigenvalue weighted by Gasteiger charge is 2.25. The Morgan fingerprint density at radius 2 is 1.81 bits per heavy atom. The van der Waals surface area contributed by atoms with Crippen molar-refractivity contribution in [3.8, 4) is 5.69 Å². The van der Waals surface area contributed by atoms with Crippen LogP contribution in [0, 0.1) is 5.82 Å². The number of amides is 1. The van der Waals surface area contributed by atoms with Crippen LogP contribution in [0.2, 0.25) is 0 Å². The van der Waals surface area contributed by atoms with Crippen molar-refractivity contribution in [1.82, 2.24) is 19.1 Å². The Bertz CT molecular complexity index is 1170. The number of carbonyl (C=O) groups is 1. The smallest absolute Gasteiger partial charge is 0.243 e. The molecule has 0 saturated carbocycles. The molecule has 2 heterocycles. The summed E-state index contributed by atoms with van der Waals surface area (Å²) in [6, 6.07) is 11.0. The van der Waals surface area contributed by atoms with Crippen molar-refractivity contribution in [2.45, 2.75) is 37.0 Å². The SMILES string of the molecule is O=C(CCc1ccc(S(=O)(=O)N2CCCCC2)cc1)Nc1ccc(-n2cncn2)c(F)c1. The number of anilines is 1. The van der Waals surface area contributed by atoms with Crippen LogP contribution < -0.4 is 5.32 Å². The molecule has 3 aromatic rings. The van der Waals surface area contributed by atoms with Crippen LogP contribution in [-0.4, -0.2) is 46.5 Å².